The van der Waals surface area contributed by atoms with Crippen LogP contribution >= 0.6 is 0 Å². The zero-order valence-corrected chi connectivity index (χ0v) is 12.2. The number of H-pyrrole nitrogens is 1. The average molecular weight is 269 g/mol. The number of nitrogens with one attached hydrogen (secondary N) is 2. The van der Waals surface area contributed by atoms with Gasteiger partial charge in [0.2, 0.25) is 0 Å². The minimum Gasteiger partial charge on any atom is -0.386 e. The van der Waals surface area contributed by atoms with Crippen molar-refractivity contribution in [2.75, 3.05) is 0 Å². The molecule has 0 bridgehead atoms. The molecular weight excluding hydrogens is 246 g/mol. The van der Waals surface area contributed by atoms with Gasteiger partial charge in [0.05, 0.1) is 17.1 Å². The number of hydrogen-bond donors (Lipinski definition) is 2. The van der Waals surface area contributed by atoms with E-state index < -0.39 is 0 Å². The molecule has 2 aliphatic rings. The molecule has 0 aromatic carbocycles. The van der Waals surface area contributed by atoms with Gasteiger partial charge in [0.25, 0.3) is 0 Å². The maximum atomic E-state index is 4.71. The summed E-state index contributed by atoms with van der Waals surface area (Å²) in [5, 5.41) is 3.57. The van der Waals surface area contributed by atoms with E-state index in [2.05, 4.69) is 35.6 Å². The van der Waals surface area contributed by atoms with Crippen molar-refractivity contribution < 1.29 is 0 Å². The molecule has 0 saturated heterocycles. The van der Waals surface area contributed by atoms with Gasteiger partial charge in [0.15, 0.2) is 0 Å². The summed E-state index contributed by atoms with van der Waals surface area (Å²) in [6, 6.07) is 4.71. The normalized spacial score (nSPS) is 22.6. The highest BCUT2D eigenvalue weighted by Gasteiger charge is 2.15. The molecule has 0 spiro atoms. The van der Waals surface area contributed by atoms with Crippen LogP contribution in [0.25, 0.3) is 0 Å². The van der Waals surface area contributed by atoms with Crippen LogP contribution in [-0.2, 0) is 0 Å². The first kappa shape index (κ1) is 13.2. The van der Waals surface area contributed by atoms with E-state index >= 15 is 0 Å². The van der Waals surface area contributed by atoms with Crippen LogP contribution in [0.4, 0.5) is 0 Å². The van der Waals surface area contributed by atoms with Gasteiger partial charge in [-0.3, -0.25) is 0 Å². The van der Waals surface area contributed by atoms with E-state index in [0.29, 0.717) is 6.04 Å². The molecule has 1 aromatic rings. The summed E-state index contributed by atoms with van der Waals surface area (Å²) in [6.07, 6.45) is 14.3. The minimum absolute atomic E-state index is 0.628. The molecule has 0 radical (unpaired) electrons. The van der Waals surface area contributed by atoms with Crippen molar-refractivity contribution in [3.63, 3.8) is 0 Å². The standard InChI is InChI=1S/C17H23N3/c1-13-11-15(20-17(13)16-9-6-10-18-16)12-19-14-7-4-2-3-5-8-14/h6,9-12,14,18-19H,2-5,7-8H2,1H3/b15-12+. The van der Waals surface area contributed by atoms with Crippen molar-refractivity contribution in [1.82, 2.24) is 10.3 Å². The molecule has 2 heterocycles. The van der Waals surface area contributed by atoms with E-state index in [-0.39, 0.29) is 0 Å². The molecule has 1 fully saturated rings. The maximum Gasteiger partial charge on any atom is 0.0902 e. The predicted octanol–water partition coefficient (Wildman–Crippen LogP) is 3.92. The third-order valence-electron chi connectivity index (χ3n) is 4.15. The maximum absolute atomic E-state index is 4.71. The third-order valence-corrected chi connectivity index (χ3v) is 4.15. The van der Waals surface area contributed by atoms with Crippen molar-refractivity contribution in [3.8, 4) is 0 Å². The van der Waals surface area contributed by atoms with E-state index in [4.69, 9.17) is 4.99 Å². The number of hydrogen-bond acceptors (Lipinski definition) is 2. The highest BCUT2D eigenvalue weighted by Crippen LogP contribution is 2.21. The third kappa shape index (κ3) is 3.03. The Balaban J connectivity index is 1.67. The zero-order valence-electron chi connectivity index (χ0n) is 12.2. The Labute approximate surface area is 120 Å². The van der Waals surface area contributed by atoms with Crippen molar-refractivity contribution >= 4 is 5.71 Å². The number of allylic oxidation sites excluding steroid dienone is 2. The second-order valence-electron chi connectivity index (χ2n) is 5.80. The Morgan fingerprint density at radius 3 is 2.75 bits per heavy atom. The Hall–Kier alpha value is -1.77. The van der Waals surface area contributed by atoms with E-state index in [1.54, 1.807) is 0 Å². The fraction of sp³-hybridized carbons (Fsp3) is 0.471. The second-order valence-corrected chi connectivity index (χ2v) is 5.80. The van der Waals surface area contributed by atoms with E-state index in [1.807, 2.05) is 12.3 Å². The Morgan fingerprint density at radius 1 is 1.25 bits per heavy atom. The molecule has 1 aliphatic heterocycles. The Bertz CT molecular complexity index is 527. The van der Waals surface area contributed by atoms with Crippen LogP contribution in [-0.4, -0.2) is 16.7 Å². The SMILES string of the molecule is CC1=C/C(=C\NC2CCCCCC2)N=C1c1ccc[nH]1. The van der Waals surface area contributed by atoms with Crippen molar-refractivity contribution in [2.45, 2.75) is 51.5 Å². The first-order valence-corrected chi connectivity index (χ1v) is 7.70. The van der Waals surface area contributed by atoms with Crippen molar-refractivity contribution in [3.05, 3.63) is 47.6 Å². The van der Waals surface area contributed by atoms with Gasteiger partial charge in [0.1, 0.15) is 0 Å². The molecule has 0 unspecified atom stereocenters. The van der Waals surface area contributed by atoms with Gasteiger partial charge in [-0.2, -0.15) is 0 Å². The Kier molecular flexibility index (Phi) is 4.05. The molecule has 3 rings (SSSR count). The average Bonchev–Trinajstić information content (AvgIpc) is 3.00. The fourth-order valence-corrected chi connectivity index (χ4v) is 3.01. The Morgan fingerprint density at radius 2 is 2.05 bits per heavy atom. The molecule has 20 heavy (non-hydrogen) atoms. The first-order chi connectivity index (χ1) is 9.83. The van der Waals surface area contributed by atoms with Gasteiger partial charge in [-0.15, -0.1) is 0 Å². The molecule has 0 amide bonds. The summed E-state index contributed by atoms with van der Waals surface area (Å²) in [6.45, 7) is 2.12. The largest absolute Gasteiger partial charge is 0.386 e. The van der Waals surface area contributed by atoms with Crippen LogP contribution in [0.2, 0.25) is 0 Å². The van der Waals surface area contributed by atoms with Crippen LogP contribution in [0.15, 0.2) is 46.9 Å². The van der Waals surface area contributed by atoms with Crippen LogP contribution in [0.5, 0.6) is 0 Å². The lowest BCUT2D eigenvalue weighted by atomic mass is 10.1. The summed E-state index contributed by atoms with van der Waals surface area (Å²) < 4.78 is 0. The number of nitrogens with zero attached hydrogens (tertiary/aromatic N) is 1. The fourth-order valence-electron chi connectivity index (χ4n) is 3.01. The lowest BCUT2D eigenvalue weighted by Crippen LogP contribution is -2.23. The van der Waals surface area contributed by atoms with Crippen molar-refractivity contribution in [2.24, 2.45) is 4.99 Å². The zero-order chi connectivity index (χ0) is 13.8. The van der Waals surface area contributed by atoms with Gasteiger partial charge in [-0.05, 0) is 43.5 Å². The molecule has 106 valence electrons. The highest BCUT2D eigenvalue weighted by molar-refractivity contribution is 6.13. The van der Waals surface area contributed by atoms with E-state index in [9.17, 15) is 0 Å². The van der Waals surface area contributed by atoms with Crippen molar-refractivity contribution in [1.29, 1.82) is 0 Å². The molecule has 3 nitrogen and oxygen atoms in total. The lowest BCUT2D eigenvalue weighted by Gasteiger charge is -2.14. The molecule has 2 N–H and O–H groups in total. The van der Waals surface area contributed by atoms with Crippen LogP contribution in [0.3, 0.4) is 0 Å². The summed E-state index contributed by atoms with van der Waals surface area (Å²) in [7, 11) is 0. The van der Waals surface area contributed by atoms with Gasteiger partial charge < -0.3 is 10.3 Å². The topological polar surface area (TPSA) is 40.2 Å². The van der Waals surface area contributed by atoms with Gasteiger partial charge in [0, 0.05) is 18.4 Å². The molecule has 0 atom stereocenters. The van der Waals surface area contributed by atoms with Gasteiger partial charge in [-0.1, -0.05) is 25.7 Å². The molecule has 3 heteroatoms. The van der Waals surface area contributed by atoms with Crippen LogP contribution in [0, 0.1) is 0 Å². The summed E-state index contributed by atoms with van der Waals surface area (Å²) in [5.41, 5.74) is 4.42. The monoisotopic (exact) mass is 269 g/mol. The predicted molar refractivity (Wildman–Crippen MR) is 83.8 cm³/mol. The summed E-state index contributed by atoms with van der Waals surface area (Å²) >= 11 is 0. The highest BCUT2D eigenvalue weighted by atomic mass is 14.9. The number of aliphatic imine (C=N–C) groups is 1. The van der Waals surface area contributed by atoms with E-state index in [1.165, 1.54) is 44.1 Å². The summed E-state index contributed by atoms with van der Waals surface area (Å²) in [4.78, 5) is 7.94. The van der Waals surface area contributed by atoms with E-state index in [0.717, 1.165) is 17.1 Å². The molecular formula is C17H23N3. The molecule has 1 saturated carbocycles. The number of rotatable bonds is 3. The number of aromatic amines is 1. The minimum atomic E-state index is 0.628. The van der Waals surface area contributed by atoms with Gasteiger partial charge in [-0.25, -0.2) is 4.99 Å². The van der Waals surface area contributed by atoms with Crippen LogP contribution in [0.1, 0.15) is 51.1 Å². The summed E-state index contributed by atoms with van der Waals surface area (Å²) in [5.74, 6) is 0. The van der Waals surface area contributed by atoms with Gasteiger partial charge >= 0.3 is 0 Å². The molecule has 1 aromatic heterocycles. The smallest absolute Gasteiger partial charge is 0.0902 e. The first-order valence-electron chi connectivity index (χ1n) is 7.70. The number of aromatic nitrogens is 1. The quantitative estimate of drug-likeness (QED) is 0.802. The molecule has 1 aliphatic carbocycles. The van der Waals surface area contributed by atoms with Crippen LogP contribution < -0.4 is 5.32 Å². The lowest BCUT2D eigenvalue weighted by molar-refractivity contribution is 0.516. The second kappa shape index (κ2) is 6.12.